The maximum Gasteiger partial charge on any atom is 0.276 e. The number of carbonyl (C=O) groups is 3. The van der Waals surface area contributed by atoms with E-state index < -0.39 is 11.8 Å². The Bertz CT molecular complexity index is 911. The molecule has 0 bridgehead atoms. The average molecular weight is 409 g/mol. The van der Waals surface area contributed by atoms with Gasteiger partial charge in [-0.25, -0.2) is 0 Å². The SMILES string of the molecule is CCc1ccccc1OCC(=O)NNC(=O)C1CC(=O)N(Cc2ccc(C)cc2)C1. The third kappa shape index (κ3) is 5.59. The number of hydrogen-bond acceptors (Lipinski definition) is 4. The quantitative estimate of drug-likeness (QED) is 0.686. The first-order valence-corrected chi connectivity index (χ1v) is 10.1. The molecule has 0 aliphatic carbocycles. The van der Waals surface area contributed by atoms with Crippen molar-refractivity contribution < 1.29 is 19.1 Å². The van der Waals surface area contributed by atoms with E-state index in [4.69, 9.17) is 4.74 Å². The first-order valence-electron chi connectivity index (χ1n) is 10.1. The van der Waals surface area contributed by atoms with Gasteiger partial charge in [0.25, 0.3) is 5.91 Å². The molecule has 2 aromatic rings. The van der Waals surface area contributed by atoms with E-state index in [1.165, 1.54) is 0 Å². The van der Waals surface area contributed by atoms with Crippen molar-refractivity contribution in [3.63, 3.8) is 0 Å². The van der Waals surface area contributed by atoms with Crippen LogP contribution in [-0.4, -0.2) is 35.8 Å². The lowest BCUT2D eigenvalue weighted by Gasteiger charge is -2.17. The number of hydrazine groups is 1. The lowest BCUT2D eigenvalue weighted by Crippen LogP contribution is -2.46. The third-order valence-corrected chi connectivity index (χ3v) is 5.12. The molecule has 1 saturated heterocycles. The smallest absolute Gasteiger partial charge is 0.276 e. The monoisotopic (exact) mass is 409 g/mol. The molecule has 0 spiro atoms. The van der Waals surface area contributed by atoms with Gasteiger partial charge < -0.3 is 9.64 Å². The van der Waals surface area contributed by atoms with Gasteiger partial charge in [0.15, 0.2) is 6.61 Å². The summed E-state index contributed by atoms with van der Waals surface area (Å²) in [5.74, 6) is -0.756. The molecule has 0 saturated carbocycles. The maximum atomic E-state index is 12.4. The van der Waals surface area contributed by atoms with Gasteiger partial charge in [0.05, 0.1) is 5.92 Å². The molecule has 7 nitrogen and oxygen atoms in total. The molecule has 1 fully saturated rings. The van der Waals surface area contributed by atoms with E-state index in [1.54, 1.807) is 11.0 Å². The van der Waals surface area contributed by atoms with Crippen LogP contribution in [0.4, 0.5) is 0 Å². The highest BCUT2D eigenvalue weighted by Gasteiger charge is 2.34. The van der Waals surface area contributed by atoms with Gasteiger partial charge in [0.2, 0.25) is 11.8 Å². The van der Waals surface area contributed by atoms with Gasteiger partial charge >= 0.3 is 0 Å². The Balaban J connectivity index is 1.44. The fraction of sp³-hybridized carbons (Fsp3) is 0.348. The normalized spacial score (nSPS) is 15.7. The van der Waals surface area contributed by atoms with Crippen molar-refractivity contribution in [1.82, 2.24) is 15.8 Å². The number of ether oxygens (including phenoxy) is 1. The maximum absolute atomic E-state index is 12.4. The van der Waals surface area contributed by atoms with Crippen LogP contribution in [-0.2, 0) is 27.3 Å². The summed E-state index contributed by atoms with van der Waals surface area (Å²) in [6.45, 7) is 4.61. The molecule has 1 aliphatic rings. The Morgan fingerprint density at radius 2 is 1.83 bits per heavy atom. The fourth-order valence-electron chi connectivity index (χ4n) is 3.36. The van der Waals surface area contributed by atoms with Gasteiger partial charge in [-0.3, -0.25) is 25.2 Å². The van der Waals surface area contributed by atoms with Gasteiger partial charge in [0, 0.05) is 19.5 Å². The zero-order valence-corrected chi connectivity index (χ0v) is 17.3. The number of para-hydroxylation sites is 1. The summed E-state index contributed by atoms with van der Waals surface area (Å²) < 4.78 is 5.53. The van der Waals surface area contributed by atoms with Gasteiger partial charge in [-0.15, -0.1) is 0 Å². The predicted octanol–water partition coefficient (Wildman–Crippen LogP) is 2.13. The molecule has 1 aliphatic heterocycles. The van der Waals surface area contributed by atoms with E-state index in [0.717, 1.165) is 23.1 Å². The summed E-state index contributed by atoms with van der Waals surface area (Å²) >= 11 is 0. The van der Waals surface area contributed by atoms with Crippen molar-refractivity contribution in [3.8, 4) is 5.75 Å². The van der Waals surface area contributed by atoms with Crippen LogP contribution in [0.15, 0.2) is 48.5 Å². The average Bonchev–Trinajstić information content (AvgIpc) is 3.12. The van der Waals surface area contributed by atoms with E-state index in [9.17, 15) is 14.4 Å². The highest BCUT2D eigenvalue weighted by molar-refractivity contribution is 5.90. The predicted molar refractivity (Wildman–Crippen MR) is 112 cm³/mol. The number of hydrogen-bond donors (Lipinski definition) is 2. The van der Waals surface area contributed by atoms with Crippen LogP contribution in [0.25, 0.3) is 0 Å². The second-order valence-corrected chi connectivity index (χ2v) is 7.45. The number of nitrogens with zero attached hydrogens (tertiary/aromatic N) is 1. The highest BCUT2D eigenvalue weighted by Crippen LogP contribution is 2.21. The Morgan fingerprint density at radius 1 is 1.10 bits per heavy atom. The highest BCUT2D eigenvalue weighted by atomic mass is 16.5. The van der Waals surface area contributed by atoms with Crippen LogP contribution < -0.4 is 15.6 Å². The largest absolute Gasteiger partial charge is 0.483 e. The van der Waals surface area contributed by atoms with Crippen LogP contribution >= 0.6 is 0 Å². The van der Waals surface area contributed by atoms with Gasteiger partial charge in [-0.05, 0) is 30.5 Å². The summed E-state index contributed by atoms with van der Waals surface area (Å²) in [6.07, 6.45) is 0.928. The molecular weight excluding hydrogens is 382 g/mol. The number of carbonyl (C=O) groups excluding carboxylic acids is 3. The topological polar surface area (TPSA) is 87.7 Å². The molecule has 3 amide bonds. The first kappa shape index (κ1) is 21.4. The first-order chi connectivity index (χ1) is 14.5. The van der Waals surface area contributed by atoms with Gasteiger partial charge in [-0.1, -0.05) is 55.0 Å². The van der Waals surface area contributed by atoms with Crippen LogP contribution in [0.5, 0.6) is 5.75 Å². The van der Waals surface area contributed by atoms with Gasteiger partial charge in [0.1, 0.15) is 5.75 Å². The van der Waals surface area contributed by atoms with E-state index in [2.05, 4.69) is 10.9 Å². The molecule has 158 valence electrons. The number of aryl methyl sites for hydroxylation is 2. The van der Waals surface area contributed by atoms with E-state index >= 15 is 0 Å². The lowest BCUT2D eigenvalue weighted by molar-refractivity contribution is -0.132. The molecule has 0 radical (unpaired) electrons. The summed E-state index contributed by atoms with van der Waals surface area (Å²) in [7, 11) is 0. The van der Waals surface area contributed by atoms with Crippen molar-refractivity contribution in [2.75, 3.05) is 13.2 Å². The molecular formula is C23H27N3O4. The lowest BCUT2D eigenvalue weighted by atomic mass is 10.1. The van der Waals surface area contributed by atoms with Crippen LogP contribution in [0.3, 0.4) is 0 Å². The molecule has 1 atom stereocenters. The minimum absolute atomic E-state index is 0.0680. The molecule has 30 heavy (non-hydrogen) atoms. The molecule has 3 rings (SSSR count). The van der Waals surface area contributed by atoms with Crippen LogP contribution in [0.1, 0.15) is 30.0 Å². The zero-order valence-electron chi connectivity index (χ0n) is 17.3. The van der Waals surface area contributed by atoms with Crippen molar-refractivity contribution >= 4 is 17.7 Å². The summed E-state index contributed by atoms with van der Waals surface area (Å²) in [6, 6.07) is 15.4. The summed E-state index contributed by atoms with van der Waals surface area (Å²) in [4.78, 5) is 38.3. The number of nitrogens with one attached hydrogen (secondary N) is 2. The minimum Gasteiger partial charge on any atom is -0.483 e. The van der Waals surface area contributed by atoms with Gasteiger partial charge in [-0.2, -0.15) is 0 Å². The third-order valence-electron chi connectivity index (χ3n) is 5.12. The second kappa shape index (κ2) is 9.91. The molecule has 1 unspecified atom stereocenters. The number of amides is 3. The van der Waals surface area contributed by atoms with Crippen molar-refractivity contribution in [1.29, 1.82) is 0 Å². The number of benzene rings is 2. The van der Waals surface area contributed by atoms with Crippen molar-refractivity contribution in [3.05, 3.63) is 65.2 Å². The van der Waals surface area contributed by atoms with E-state index in [-0.39, 0.29) is 24.8 Å². The zero-order chi connectivity index (χ0) is 21.5. The Hall–Kier alpha value is -3.35. The molecule has 2 N–H and O–H groups in total. The Morgan fingerprint density at radius 3 is 2.57 bits per heavy atom. The Labute approximate surface area is 176 Å². The molecule has 0 aromatic heterocycles. The molecule has 1 heterocycles. The van der Waals surface area contributed by atoms with Crippen LogP contribution in [0.2, 0.25) is 0 Å². The second-order valence-electron chi connectivity index (χ2n) is 7.45. The Kier molecular flexibility index (Phi) is 7.06. The standard InChI is InChI=1S/C23H27N3O4/c1-3-18-6-4-5-7-20(18)30-15-21(27)24-25-23(29)19-12-22(28)26(14-19)13-17-10-8-16(2)9-11-17/h4-11,19H,3,12-15H2,1-2H3,(H,24,27)(H,25,29). The van der Waals surface area contributed by atoms with E-state index in [1.807, 2.05) is 56.3 Å². The molecule has 7 heteroatoms. The van der Waals surface area contributed by atoms with Crippen LogP contribution in [0, 0.1) is 12.8 Å². The summed E-state index contributed by atoms with van der Waals surface area (Å²) in [5.41, 5.74) is 7.95. The van der Waals surface area contributed by atoms with Crippen molar-refractivity contribution in [2.24, 2.45) is 5.92 Å². The molecule has 2 aromatic carbocycles. The van der Waals surface area contributed by atoms with E-state index in [0.29, 0.717) is 18.8 Å². The van der Waals surface area contributed by atoms with Crippen molar-refractivity contribution in [2.45, 2.75) is 33.2 Å². The number of rotatable bonds is 7. The summed E-state index contributed by atoms with van der Waals surface area (Å²) in [5, 5.41) is 0. The number of likely N-dealkylation sites (tertiary alicyclic amines) is 1. The minimum atomic E-state index is -0.495. The fourth-order valence-corrected chi connectivity index (χ4v) is 3.36.